The van der Waals surface area contributed by atoms with E-state index < -0.39 is 0 Å². The van der Waals surface area contributed by atoms with Crippen molar-refractivity contribution < 1.29 is 9.21 Å². The Labute approximate surface area is 222 Å². The first-order valence-electron chi connectivity index (χ1n) is 11.2. The number of nitrogens with one attached hydrogen (secondary N) is 1. The number of hydrogen-bond acceptors (Lipinski definition) is 3. The summed E-state index contributed by atoms with van der Waals surface area (Å²) in [4.78, 5) is 12.6. The second-order valence-electron chi connectivity index (χ2n) is 8.14. The van der Waals surface area contributed by atoms with Crippen molar-refractivity contribution in [3.05, 3.63) is 124 Å². The van der Waals surface area contributed by atoms with E-state index in [1.54, 1.807) is 18.2 Å². The third kappa shape index (κ3) is 5.05. The molecule has 3 aromatic carbocycles. The van der Waals surface area contributed by atoms with Gasteiger partial charge >= 0.3 is 0 Å². The summed E-state index contributed by atoms with van der Waals surface area (Å²) in [6.07, 6.45) is 1.46. The highest BCUT2D eigenvalue weighted by molar-refractivity contribution is 9.10. The van der Waals surface area contributed by atoms with Crippen LogP contribution in [0, 0.1) is 6.92 Å². The van der Waals surface area contributed by atoms with Crippen LogP contribution in [0.2, 0.25) is 5.02 Å². The van der Waals surface area contributed by atoms with Gasteiger partial charge in [-0.05, 0) is 89.1 Å². The van der Waals surface area contributed by atoms with Crippen LogP contribution in [-0.4, -0.2) is 16.7 Å². The number of carbonyl (C=O) groups excluding carboxylic acids is 1. The molecular weight excluding hydrogens is 538 g/mol. The van der Waals surface area contributed by atoms with Gasteiger partial charge in [0, 0.05) is 27.0 Å². The van der Waals surface area contributed by atoms with Gasteiger partial charge in [-0.25, -0.2) is 5.43 Å². The Kier molecular flexibility index (Phi) is 6.89. The van der Waals surface area contributed by atoms with E-state index in [1.165, 1.54) is 6.21 Å². The number of halogens is 2. The van der Waals surface area contributed by atoms with Crippen LogP contribution in [0.3, 0.4) is 0 Å². The number of carbonyl (C=O) groups is 1. The van der Waals surface area contributed by atoms with E-state index in [0.29, 0.717) is 22.1 Å². The zero-order valence-electron chi connectivity index (χ0n) is 19.3. The third-order valence-electron chi connectivity index (χ3n) is 5.72. The van der Waals surface area contributed by atoms with Crippen molar-refractivity contribution in [1.29, 1.82) is 0 Å². The fraction of sp³-hybridized carbons (Fsp3) is 0.0345. The van der Waals surface area contributed by atoms with Gasteiger partial charge < -0.3 is 8.98 Å². The van der Waals surface area contributed by atoms with Crippen molar-refractivity contribution in [3.8, 4) is 28.3 Å². The molecular formula is C29H21BrClN3O2. The molecule has 0 atom stereocenters. The summed E-state index contributed by atoms with van der Waals surface area (Å²) in [5.41, 5.74) is 8.22. The smallest absolute Gasteiger partial charge is 0.271 e. The molecule has 7 heteroatoms. The molecule has 36 heavy (non-hydrogen) atoms. The Bertz CT molecular complexity index is 1550. The number of aryl methyl sites for hydroxylation is 1. The summed E-state index contributed by atoms with van der Waals surface area (Å²) in [6.45, 7) is 2.06. The minimum Gasteiger partial charge on any atom is -0.455 e. The fourth-order valence-electron chi connectivity index (χ4n) is 3.92. The molecule has 5 rings (SSSR count). The highest BCUT2D eigenvalue weighted by Crippen LogP contribution is 2.30. The minimum absolute atomic E-state index is 0.309. The number of aromatic nitrogens is 1. The van der Waals surface area contributed by atoms with E-state index in [-0.39, 0.29) is 5.91 Å². The lowest BCUT2D eigenvalue weighted by Crippen LogP contribution is -2.17. The van der Waals surface area contributed by atoms with Gasteiger partial charge in [0.1, 0.15) is 11.5 Å². The zero-order chi connectivity index (χ0) is 25.1. The molecule has 178 valence electrons. The van der Waals surface area contributed by atoms with Gasteiger partial charge in [0.15, 0.2) is 0 Å². The van der Waals surface area contributed by atoms with Gasteiger partial charge in [-0.2, -0.15) is 5.10 Å². The van der Waals surface area contributed by atoms with Crippen LogP contribution in [0.15, 0.2) is 111 Å². The van der Waals surface area contributed by atoms with Crippen molar-refractivity contribution >= 4 is 39.7 Å². The molecule has 0 aliphatic carbocycles. The Hall–Kier alpha value is -3.87. The topological polar surface area (TPSA) is 59.5 Å². The van der Waals surface area contributed by atoms with Crippen LogP contribution in [-0.2, 0) is 0 Å². The van der Waals surface area contributed by atoms with E-state index in [2.05, 4.69) is 62.2 Å². The third-order valence-corrected chi connectivity index (χ3v) is 6.95. The van der Waals surface area contributed by atoms with Crippen molar-refractivity contribution in [2.45, 2.75) is 6.92 Å². The maximum atomic E-state index is 12.6. The second kappa shape index (κ2) is 10.4. The Morgan fingerprint density at radius 3 is 2.47 bits per heavy atom. The summed E-state index contributed by atoms with van der Waals surface area (Å²) in [6, 6.07) is 31.0. The largest absolute Gasteiger partial charge is 0.455 e. The van der Waals surface area contributed by atoms with Gasteiger partial charge in [0.2, 0.25) is 0 Å². The summed E-state index contributed by atoms with van der Waals surface area (Å²) < 4.78 is 8.78. The van der Waals surface area contributed by atoms with Crippen molar-refractivity contribution in [3.63, 3.8) is 0 Å². The molecule has 1 amide bonds. The molecule has 0 unspecified atom stereocenters. The van der Waals surface area contributed by atoms with Crippen molar-refractivity contribution in [1.82, 2.24) is 9.99 Å². The van der Waals surface area contributed by atoms with Gasteiger partial charge in [-0.1, -0.05) is 48.0 Å². The van der Waals surface area contributed by atoms with E-state index >= 15 is 0 Å². The first-order chi connectivity index (χ1) is 17.5. The molecule has 0 fully saturated rings. The molecule has 0 bridgehead atoms. The van der Waals surface area contributed by atoms with Crippen LogP contribution in [0.5, 0.6) is 0 Å². The molecule has 0 saturated heterocycles. The summed E-state index contributed by atoms with van der Waals surface area (Å²) >= 11 is 9.54. The Balaban J connectivity index is 1.26. The SMILES string of the molecule is Cc1ccc(-c2ccccc2)n1-c1ccc(C(=O)N/N=C/c2ccc(-c3ccc(Br)c(Cl)c3)o2)cc1. The van der Waals surface area contributed by atoms with Crippen LogP contribution in [0.25, 0.3) is 28.3 Å². The van der Waals surface area contributed by atoms with Crippen LogP contribution in [0.1, 0.15) is 21.8 Å². The molecule has 0 radical (unpaired) electrons. The number of nitrogens with zero attached hydrogens (tertiary/aromatic N) is 2. The van der Waals surface area contributed by atoms with Gasteiger partial charge in [-0.3, -0.25) is 4.79 Å². The second-order valence-corrected chi connectivity index (χ2v) is 9.40. The van der Waals surface area contributed by atoms with Crippen LogP contribution in [0.4, 0.5) is 0 Å². The average molecular weight is 559 g/mol. The van der Waals surface area contributed by atoms with E-state index in [4.69, 9.17) is 16.0 Å². The quantitative estimate of drug-likeness (QED) is 0.170. The first kappa shape index (κ1) is 23.9. The Morgan fingerprint density at radius 2 is 1.72 bits per heavy atom. The fourth-order valence-corrected chi connectivity index (χ4v) is 4.35. The number of furan rings is 1. The van der Waals surface area contributed by atoms with Crippen molar-refractivity contribution in [2.24, 2.45) is 5.10 Å². The van der Waals surface area contributed by atoms with Gasteiger partial charge in [0.05, 0.1) is 16.9 Å². The summed E-state index contributed by atoms with van der Waals surface area (Å²) in [5, 5.41) is 4.64. The minimum atomic E-state index is -0.309. The highest BCUT2D eigenvalue weighted by Gasteiger charge is 2.11. The summed E-state index contributed by atoms with van der Waals surface area (Å²) in [5.74, 6) is 0.857. The van der Waals surface area contributed by atoms with Gasteiger partial charge in [0.25, 0.3) is 5.91 Å². The van der Waals surface area contributed by atoms with E-state index in [0.717, 1.165) is 32.7 Å². The van der Waals surface area contributed by atoms with Gasteiger partial charge in [-0.15, -0.1) is 0 Å². The molecule has 0 aliphatic heterocycles. The molecule has 0 saturated carbocycles. The molecule has 5 nitrogen and oxygen atoms in total. The predicted octanol–water partition coefficient (Wildman–Crippen LogP) is 7.89. The van der Waals surface area contributed by atoms with Crippen molar-refractivity contribution in [2.75, 3.05) is 0 Å². The zero-order valence-corrected chi connectivity index (χ0v) is 21.6. The molecule has 5 aromatic rings. The Morgan fingerprint density at radius 1 is 0.944 bits per heavy atom. The summed E-state index contributed by atoms with van der Waals surface area (Å²) in [7, 11) is 0. The maximum Gasteiger partial charge on any atom is 0.271 e. The van der Waals surface area contributed by atoms with Crippen LogP contribution >= 0.6 is 27.5 Å². The van der Waals surface area contributed by atoms with Crippen LogP contribution < -0.4 is 5.43 Å². The highest BCUT2D eigenvalue weighted by atomic mass is 79.9. The lowest BCUT2D eigenvalue weighted by atomic mass is 10.1. The maximum absolute atomic E-state index is 12.6. The molecule has 2 aromatic heterocycles. The molecule has 2 heterocycles. The first-order valence-corrected chi connectivity index (χ1v) is 12.4. The lowest BCUT2D eigenvalue weighted by molar-refractivity contribution is 0.0955. The number of rotatable bonds is 6. The number of hydrazone groups is 1. The standard InChI is InChI=1S/C29H21BrClN3O2/c1-19-7-15-27(20-5-3-2-4-6-20)34(19)23-11-8-21(9-12-23)29(35)33-32-18-24-13-16-28(36-24)22-10-14-25(30)26(31)17-22/h2-18H,1H3,(H,33,35)/b32-18+. The van der Waals surface area contributed by atoms with E-state index in [1.807, 2.05) is 54.6 Å². The normalized spacial score (nSPS) is 11.2. The lowest BCUT2D eigenvalue weighted by Gasteiger charge is -2.12. The molecule has 0 spiro atoms. The molecule has 1 N–H and O–H groups in total. The number of amides is 1. The van der Waals surface area contributed by atoms with E-state index in [9.17, 15) is 4.79 Å². The average Bonchev–Trinajstić information content (AvgIpc) is 3.53. The molecule has 0 aliphatic rings. The number of hydrogen-bond donors (Lipinski definition) is 1. The monoisotopic (exact) mass is 557 g/mol. The predicted molar refractivity (Wildman–Crippen MR) is 148 cm³/mol. The number of benzene rings is 3.